The minimum absolute atomic E-state index is 0.343. The van der Waals surface area contributed by atoms with Crippen LogP contribution in [0.25, 0.3) is 17.1 Å². The second kappa shape index (κ2) is 3.99. The second-order valence-electron chi connectivity index (χ2n) is 4.84. The average molecular weight is 280 g/mol. The third-order valence-electron chi connectivity index (χ3n) is 3.68. The molecule has 0 fully saturated rings. The van der Waals surface area contributed by atoms with E-state index in [0.717, 1.165) is 11.4 Å². The van der Waals surface area contributed by atoms with Gasteiger partial charge in [0.25, 0.3) is 0 Å². The number of hydrogen-bond acceptors (Lipinski definition) is 4. The Morgan fingerprint density at radius 2 is 2.19 bits per heavy atom. The van der Waals surface area contributed by atoms with E-state index in [1.807, 2.05) is 11.5 Å². The van der Waals surface area contributed by atoms with Gasteiger partial charge >= 0.3 is 0 Å². The summed E-state index contributed by atoms with van der Waals surface area (Å²) in [5.74, 6) is 0.957. The normalized spacial score (nSPS) is 12.0. The van der Waals surface area contributed by atoms with E-state index in [9.17, 15) is 9.65 Å². The number of fused-ring (bicyclic) bond motifs is 5. The monoisotopic (exact) mass is 280 g/mol. The maximum absolute atomic E-state index is 13.6. The zero-order chi connectivity index (χ0) is 14.6. The van der Waals surface area contributed by atoms with Crippen molar-refractivity contribution in [3.8, 4) is 23.1 Å². The molecular weight excluding hydrogens is 271 g/mol. The number of nitriles is 1. The highest BCUT2D eigenvalue weighted by atomic mass is 19.1. The topological polar surface area (TPSA) is 72.3 Å². The van der Waals surface area contributed by atoms with Gasteiger partial charge in [-0.1, -0.05) is 0 Å². The van der Waals surface area contributed by atoms with Crippen molar-refractivity contribution in [1.82, 2.24) is 24.3 Å². The van der Waals surface area contributed by atoms with Gasteiger partial charge in [-0.05, 0) is 25.1 Å². The van der Waals surface area contributed by atoms with Crippen molar-refractivity contribution in [2.75, 3.05) is 0 Å². The first-order chi connectivity index (χ1) is 10.2. The molecular formula is C14H9FN6. The lowest BCUT2D eigenvalue weighted by molar-refractivity contribution is 0.627. The fraction of sp³-hybridized carbons (Fsp3) is 0.143. The number of aryl methyl sites for hydroxylation is 1. The lowest BCUT2D eigenvalue weighted by Gasteiger charge is -2.07. The SMILES string of the molecule is Cc1nnc2n1Cc1c(C#N)ncn1-c1ccc(F)cc1-2. The third kappa shape index (κ3) is 1.53. The molecule has 2 aromatic heterocycles. The summed E-state index contributed by atoms with van der Waals surface area (Å²) in [4.78, 5) is 4.12. The van der Waals surface area contributed by atoms with Gasteiger partial charge < -0.3 is 4.57 Å². The van der Waals surface area contributed by atoms with Gasteiger partial charge in [-0.2, -0.15) is 5.26 Å². The molecule has 4 rings (SSSR count). The van der Waals surface area contributed by atoms with E-state index in [1.165, 1.54) is 12.1 Å². The number of halogens is 1. The van der Waals surface area contributed by atoms with Gasteiger partial charge in [-0.3, -0.25) is 4.57 Å². The van der Waals surface area contributed by atoms with E-state index in [0.29, 0.717) is 29.5 Å². The summed E-state index contributed by atoms with van der Waals surface area (Å²) in [6.45, 7) is 2.25. The van der Waals surface area contributed by atoms with Gasteiger partial charge in [0.1, 0.15) is 24.0 Å². The molecule has 0 radical (unpaired) electrons. The van der Waals surface area contributed by atoms with Crippen LogP contribution < -0.4 is 0 Å². The molecule has 1 aromatic carbocycles. The molecule has 3 aromatic rings. The molecule has 7 heteroatoms. The molecule has 21 heavy (non-hydrogen) atoms. The van der Waals surface area contributed by atoms with Crippen molar-refractivity contribution in [2.24, 2.45) is 0 Å². The van der Waals surface area contributed by atoms with Crippen LogP contribution in [-0.2, 0) is 6.54 Å². The van der Waals surface area contributed by atoms with E-state index < -0.39 is 0 Å². The summed E-state index contributed by atoms with van der Waals surface area (Å²) in [6.07, 6.45) is 1.58. The molecule has 0 spiro atoms. The fourth-order valence-electron chi connectivity index (χ4n) is 2.64. The zero-order valence-corrected chi connectivity index (χ0v) is 11.1. The Kier molecular flexibility index (Phi) is 2.24. The Morgan fingerprint density at radius 1 is 1.33 bits per heavy atom. The maximum Gasteiger partial charge on any atom is 0.166 e. The average Bonchev–Trinajstić information content (AvgIpc) is 3.01. The van der Waals surface area contributed by atoms with Crippen molar-refractivity contribution in [3.05, 3.63) is 47.6 Å². The summed E-state index contributed by atoms with van der Waals surface area (Å²) in [5, 5.41) is 17.4. The van der Waals surface area contributed by atoms with Crippen molar-refractivity contribution >= 4 is 0 Å². The van der Waals surface area contributed by atoms with Crippen LogP contribution in [0.4, 0.5) is 4.39 Å². The molecule has 102 valence electrons. The van der Waals surface area contributed by atoms with Crippen molar-refractivity contribution in [1.29, 1.82) is 5.26 Å². The standard InChI is InChI=1S/C14H9FN6/c1-8-18-19-14-10-4-9(15)2-3-12(10)21-7-17-11(5-16)13(21)6-20(8)14/h2-4,7H,6H2,1H3. The van der Waals surface area contributed by atoms with Crippen LogP contribution in [0.2, 0.25) is 0 Å². The molecule has 0 atom stereocenters. The van der Waals surface area contributed by atoms with E-state index in [1.54, 1.807) is 17.0 Å². The highest BCUT2D eigenvalue weighted by Gasteiger charge is 2.25. The Hall–Kier alpha value is -3.01. The first kappa shape index (κ1) is 11.8. The Balaban J connectivity index is 2.13. The first-order valence-electron chi connectivity index (χ1n) is 6.35. The summed E-state index contributed by atoms with van der Waals surface area (Å²) in [5.41, 5.74) is 2.47. The molecule has 0 unspecified atom stereocenters. The maximum atomic E-state index is 13.6. The molecule has 6 nitrogen and oxygen atoms in total. The number of benzene rings is 1. The lowest BCUT2D eigenvalue weighted by Crippen LogP contribution is -2.06. The summed E-state index contributed by atoms with van der Waals surface area (Å²) < 4.78 is 17.3. The highest BCUT2D eigenvalue weighted by Crippen LogP contribution is 2.32. The molecule has 0 bridgehead atoms. The molecule has 3 heterocycles. The molecule has 0 aliphatic carbocycles. The Labute approximate surface area is 119 Å². The summed E-state index contributed by atoms with van der Waals surface area (Å²) in [7, 11) is 0. The predicted octanol–water partition coefficient (Wildman–Crippen LogP) is 1.81. The number of rotatable bonds is 0. The van der Waals surface area contributed by atoms with Crippen molar-refractivity contribution < 1.29 is 4.39 Å². The zero-order valence-electron chi connectivity index (χ0n) is 11.1. The van der Waals surface area contributed by atoms with Gasteiger partial charge in [-0.15, -0.1) is 10.2 Å². The largest absolute Gasteiger partial charge is 0.305 e. The Bertz CT molecular complexity index is 914. The van der Waals surface area contributed by atoms with Crippen LogP contribution in [0.15, 0.2) is 24.5 Å². The van der Waals surface area contributed by atoms with Crippen LogP contribution in [0.5, 0.6) is 0 Å². The van der Waals surface area contributed by atoms with Gasteiger partial charge in [0.15, 0.2) is 11.5 Å². The predicted molar refractivity (Wildman–Crippen MR) is 71.1 cm³/mol. The Morgan fingerprint density at radius 3 is 3.00 bits per heavy atom. The smallest absolute Gasteiger partial charge is 0.166 e. The van der Waals surface area contributed by atoms with E-state index in [4.69, 9.17) is 0 Å². The number of nitrogens with zero attached hydrogens (tertiary/aromatic N) is 6. The van der Waals surface area contributed by atoms with Gasteiger partial charge in [0.2, 0.25) is 0 Å². The highest BCUT2D eigenvalue weighted by molar-refractivity contribution is 5.69. The molecule has 1 aliphatic rings. The van der Waals surface area contributed by atoms with E-state index >= 15 is 0 Å². The molecule has 1 aliphatic heterocycles. The molecule has 0 saturated carbocycles. The van der Waals surface area contributed by atoms with Crippen LogP contribution in [0.3, 0.4) is 0 Å². The molecule has 0 saturated heterocycles. The van der Waals surface area contributed by atoms with Crippen molar-refractivity contribution in [3.63, 3.8) is 0 Å². The lowest BCUT2D eigenvalue weighted by atomic mass is 10.1. The van der Waals surface area contributed by atoms with Gasteiger partial charge in [0, 0.05) is 5.56 Å². The third-order valence-corrected chi connectivity index (χ3v) is 3.68. The first-order valence-corrected chi connectivity index (χ1v) is 6.35. The molecule has 0 amide bonds. The number of imidazole rings is 1. The van der Waals surface area contributed by atoms with Crippen LogP contribution in [0, 0.1) is 24.1 Å². The summed E-state index contributed by atoms with van der Waals surface area (Å²) in [6, 6.07) is 6.56. The second-order valence-corrected chi connectivity index (χ2v) is 4.84. The van der Waals surface area contributed by atoms with Crippen LogP contribution in [0.1, 0.15) is 17.2 Å². The number of hydrogen-bond donors (Lipinski definition) is 0. The van der Waals surface area contributed by atoms with Crippen LogP contribution >= 0.6 is 0 Å². The quantitative estimate of drug-likeness (QED) is 0.492. The number of aromatic nitrogens is 5. The van der Waals surface area contributed by atoms with Gasteiger partial charge in [0.05, 0.1) is 17.9 Å². The van der Waals surface area contributed by atoms with Crippen molar-refractivity contribution in [2.45, 2.75) is 13.5 Å². The van der Waals surface area contributed by atoms with E-state index in [-0.39, 0.29) is 5.82 Å². The minimum Gasteiger partial charge on any atom is -0.305 e. The van der Waals surface area contributed by atoms with Gasteiger partial charge in [-0.25, -0.2) is 9.37 Å². The fourth-order valence-corrected chi connectivity index (χ4v) is 2.64. The summed E-state index contributed by atoms with van der Waals surface area (Å²) >= 11 is 0. The van der Waals surface area contributed by atoms with Crippen LogP contribution in [-0.4, -0.2) is 24.3 Å². The molecule has 0 N–H and O–H groups in total. The van der Waals surface area contributed by atoms with E-state index in [2.05, 4.69) is 21.3 Å². The minimum atomic E-state index is -0.343.